The molecule has 0 bridgehead atoms. The first-order valence-electron chi connectivity index (χ1n) is 5.23. The lowest BCUT2D eigenvalue weighted by Gasteiger charge is -1.99. The van der Waals surface area contributed by atoms with Crippen LogP contribution in [-0.4, -0.2) is 19.9 Å². The Kier molecular flexibility index (Phi) is 3.87. The standard InChI is InChI=1S/C10H11IN4O2/c1-2-3-9-13-8(14-17-9)6-15-10(16)4-7(11)5-12-15/h4-5H,2-3,6H2,1H3. The van der Waals surface area contributed by atoms with Gasteiger partial charge < -0.3 is 4.52 Å². The van der Waals surface area contributed by atoms with Gasteiger partial charge in [-0.15, -0.1) is 0 Å². The molecule has 6 nitrogen and oxygen atoms in total. The van der Waals surface area contributed by atoms with Gasteiger partial charge in [-0.1, -0.05) is 12.1 Å². The van der Waals surface area contributed by atoms with Gasteiger partial charge in [-0.05, 0) is 29.0 Å². The van der Waals surface area contributed by atoms with E-state index in [1.54, 1.807) is 6.20 Å². The number of hydrogen-bond donors (Lipinski definition) is 0. The Balaban J connectivity index is 2.16. The molecule has 0 amide bonds. The van der Waals surface area contributed by atoms with Crippen molar-refractivity contribution in [2.75, 3.05) is 0 Å². The summed E-state index contributed by atoms with van der Waals surface area (Å²) >= 11 is 2.04. The Bertz CT molecular complexity index is 563. The summed E-state index contributed by atoms with van der Waals surface area (Å²) in [4.78, 5) is 15.8. The highest BCUT2D eigenvalue weighted by Gasteiger charge is 2.07. The molecule has 0 saturated heterocycles. The summed E-state index contributed by atoms with van der Waals surface area (Å²) in [5.41, 5.74) is -0.168. The number of nitrogens with zero attached hydrogens (tertiary/aromatic N) is 4. The molecule has 2 aromatic heterocycles. The third-order valence-corrected chi connectivity index (χ3v) is 2.69. The zero-order valence-corrected chi connectivity index (χ0v) is 11.4. The van der Waals surface area contributed by atoms with Crippen molar-refractivity contribution in [3.8, 4) is 0 Å². The van der Waals surface area contributed by atoms with Crippen molar-refractivity contribution in [2.45, 2.75) is 26.3 Å². The molecule has 0 radical (unpaired) electrons. The first-order chi connectivity index (χ1) is 8.19. The van der Waals surface area contributed by atoms with Crippen molar-refractivity contribution in [1.82, 2.24) is 19.9 Å². The molecule has 0 saturated carbocycles. The Morgan fingerprint density at radius 3 is 3.06 bits per heavy atom. The molecule has 0 aromatic carbocycles. The summed E-state index contributed by atoms with van der Waals surface area (Å²) < 4.78 is 7.15. The Hall–Kier alpha value is -1.25. The molecule has 2 rings (SSSR count). The van der Waals surface area contributed by atoms with Gasteiger partial charge in [0.1, 0.15) is 6.54 Å². The molecule has 0 aliphatic carbocycles. The largest absolute Gasteiger partial charge is 0.339 e. The maximum Gasteiger partial charge on any atom is 0.268 e. The van der Waals surface area contributed by atoms with Gasteiger partial charge in [0.05, 0.1) is 6.20 Å². The second-order valence-corrected chi connectivity index (χ2v) is 4.77. The minimum absolute atomic E-state index is 0.168. The quantitative estimate of drug-likeness (QED) is 0.779. The molecule has 0 N–H and O–H groups in total. The molecular formula is C10H11IN4O2. The maximum absolute atomic E-state index is 11.6. The Morgan fingerprint density at radius 2 is 2.35 bits per heavy atom. The van der Waals surface area contributed by atoms with Gasteiger partial charge in [0.2, 0.25) is 5.89 Å². The van der Waals surface area contributed by atoms with E-state index in [1.807, 2.05) is 29.5 Å². The van der Waals surface area contributed by atoms with E-state index in [4.69, 9.17) is 4.52 Å². The SMILES string of the molecule is CCCc1nc(Cn2ncc(I)cc2=O)no1. The van der Waals surface area contributed by atoms with Crippen molar-refractivity contribution in [3.05, 3.63) is 37.9 Å². The smallest absolute Gasteiger partial charge is 0.268 e. The van der Waals surface area contributed by atoms with Gasteiger partial charge in [0.15, 0.2) is 5.82 Å². The van der Waals surface area contributed by atoms with E-state index in [0.717, 1.165) is 16.4 Å². The highest BCUT2D eigenvalue weighted by Crippen LogP contribution is 2.02. The summed E-state index contributed by atoms with van der Waals surface area (Å²) in [5, 5.41) is 7.81. The van der Waals surface area contributed by atoms with Crippen molar-refractivity contribution in [1.29, 1.82) is 0 Å². The highest BCUT2D eigenvalue weighted by molar-refractivity contribution is 14.1. The second kappa shape index (κ2) is 5.39. The van der Waals surface area contributed by atoms with E-state index < -0.39 is 0 Å². The fourth-order valence-electron chi connectivity index (χ4n) is 1.33. The summed E-state index contributed by atoms with van der Waals surface area (Å²) in [6.45, 7) is 2.28. The van der Waals surface area contributed by atoms with Crippen LogP contribution in [0.15, 0.2) is 21.6 Å². The zero-order valence-electron chi connectivity index (χ0n) is 9.26. The van der Waals surface area contributed by atoms with Crippen LogP contribution in [0.2, 0.25) is 0 Å². The molecule has 7 heteroatoms. The fraction of sp³-hybridized carbons (Fsp3) is 0.400. The average molecular weight is 346 g/mol. The molecule has 2 aromatic rings. The highest BCUT2D eigenvalue weighted by atomic mass is 127. The number of rotatable bonds is 4. The molecule has 0 aliphatic rings. The van der Waals surface area contributed by atoms with Gasteiger partial charge in [0, 0.05) is 16.1 Å². The number of aromatic nitrogens is 4. The lowest BCUT2D eigenvalue weighted by Crippen LogP contribution is -2.23. The predicted octanol–water partition coefficient (Wildman–Crippen LogP) is 1.23. The van der Waals surface area contributed by atoms with E-state index in [0.29, 0.717) is 11.7 Å². The van der Waals surface area contributed by atoms with Crippen LogP contribution < -0.4 is 5.56 Å². The first kappa shape index (κ1) is 12.2. The molecule has 0 fully saturated rings. The molecule has 90 valence electrons. The van der Waals surface area contributed by atoms with Crippen molar-refractivity contribution < 1.29 is 4.52 Å². The zero-order chi connectivity index (χ0) is 12.3. The topological polar surface area (TPSA) is 73.8 Å². The van der Waals surface area contributed by atoms with Crippen LogP contribution in [0, 0.1) is 3.57 Å². The van der Waals surface area contributed by atoms with Gasteiger partial charge in [-0.25, -0.2) is 4.68 Å². The molecule has 0 unspecified atom stereocenters. The van der Waals surface area contributed by atoms with Crippen molar-refractivity contribution >= 4 is 22.6 Å². The number of aryl methyl sites for hydroxylation is 1. The molecular weight excluding hydrogens is 335 g/mol. The van der Waals surface area contributed by atoms with Gasteiger partial charge in [-0.3, -0.25) is 4.79 Å². The van der Waals surface area contributed by atoms with Crippen LogP contribution in [0.1, 0.15) is 25.1 Å². The first-order valence-corrected chi connectivity index (χ1v) is 6.31. The van der Waals surface area contributed by atoms with Crippen LogP contribution in [-0.2, 0) is 13.0 Å². The minimum Gasteiger partial charge on any atom is -0.339 e. The van der Waals surface area contributed by atoms with E-state index in [9.17, 15) is 4.79 Å². The van der Waals surface area contributed by atoms with Gasteiger partial charge in [-0.2, -0.15) is 10.1 Å². The van der Waals surface area contributed by atoms with Crippen LogP contribution >= 0.6 is 22.6 Å². The van der Waals surface area contributed by atoms with E-state index in [2.05, 4.69) is 15.2 Å². The van der Waals surface area contributed by atoms with Crippen molar-refractivity contribution in [3.63, 3.8) is 0 Å². The van der Waals surface area contributed by atoms with Crippen LogP contribution in [0.3, 0.4) is 0 Å². The molecule has 2 heterocycles. The van der Waals surface area contributed by atoms with Crippen LogP contribution in [0.25, 0.3) is 0 Å². The van der Waals surface area contributed by atoms with Crippen LogP contribution in [0.5, 0.6) is 0 Å². The second-order valence-electron chi connectivity index (χ2n) is 3.52. The monoisotopic (exact) mass is 346 g/mol. The lowest BCUT2D eigenvalue weighted by atomic mass is 10.3. The van der Waals surface area contributed by atoms with E-state index >= 15 is 0 Å². The maximum atomic E-state index is 11.6. The summed E-state index contributed by atoms with van der Waals surface area (Å²) in [6.07, 6.45) is 3.32. The fourth-order valence-corrected chi connectivity index (χ4v) is 1.72. The minimum atomic E-state index is -0.168. The van der Waals surface area contributed by atoms with Crippen LogP contribution in [0.4, 0.5) is 0 Å². The summed E-state index contributed by atoms with van der Waals surface area (Å²) in [6, 6.07) is 1.51. The lowest BCUT2D eigenvalue weighted by molar-refractivity contribution is 0.370. The molecule has 0 atom stereocenters. The molecule has 0 aliphatic heterocycles. The predicted molar refractivity (Wildman–Crippen MR) is 68.6 cm³/mol. The third kappa shape index (κ3) is 3.11. The summed E-state index contributed by atoms with van der Waals surface area (Å²) in [7, 11) is 0. The Morgan fingerprint density at radius 1 is 1.53 bits per heavy atom. The van der Waals surface area contributed by atoms with Gasteiger partial charge in [0.25, 0.3) is 5.56 Å². The molecule has 17 heavy (non-hydrogen) atoms. The Labute approximate surface area is 111 Å². The van der Waals surface area contributed by atoms with E-state index in [-0.39, 0.29) is 12.1 Å². The third-order valence-electron chi connectivity index (χ3n) is 2.10. The average Bonchev–Trinajstić information content (AvgIpc) is 2.71. The number of hydrogen-bond acceptors (Lipinski definition) is 5. The molecule has 0 spiro atoms. The van der Waals surface area contributed by atoms with Crippen molar-refractivity contribution in [2.24, 2.45) is 0 Å². The normalized spacial score (nSPS) is 10.7. The van der Waals surface area contributed by atoms with Gasteiger partial charge >= 0.3 is 0 Å². The summed E-state index contributed by atoms with van der Waals surface area (Å²) in [5.74, 6) is 1.07. The number of halogens is 1. The van der Waals surface area contributed by atoms with E-state index in [1.165, 1.54) is 10.7 Å².